The zero-order chi connectivity index (χ0) is 20.8. The molecule has 1 aliphatic rings. The number of hydrogen-bond donors (Lipinski definition) is 1. The molecule has 1 N–H and O–H groups in total. The van der Waals surface area contributed by atoms with Crippen LogP contribution in [0.5, 0.6) is 0 Å². The fraction of sp³-hybridized carbons (Fsp3) is 0.238. The van der Waals surface area contributed by atoms with Gasteiger partial charge in [0, 0.05) is 0 Å². The van der Waals surface area contributed by atoms with Crippen LogP contribution in [0.15, 0.2) is 58.6 Å². The maximum absolute atomic E-state index is 13.2. The highest BCUT2D eigenvalue weighted by Gasteiger charge is 2.46. The fourth-order valence-electron chi connectivity index (χ4n) is 3.33. The Balaban J connectivity index is 1.84. The van der Waals surface area contributed by atoms with Gasteiger partial charge in [-0.1, -0.05) is 62.4 Å². The molecule has 0 fully saturated rings. The number of Topliss-reactive ketones (excluding diaryl/α,β-unsaturated/α-hetero) is 1. The summed E-state index contributed by atoms with van der Waals surface area (Å²) >= 11 is 2.45. The second-order valence-corrected chi connectivity index (χ2v) is 9.50. The average Bonchev–Trinajstić information content (AvgIpc) is 3.43. The van der Waals surface area contributed by atoms with Crippen molar-refractivity contribution in [2.24, 2.45) is 0 Å². The van der Waals surface area contributed by atoms with Gasteiger partial charge in [0.2, 0.25) is 10.9 Å². The van der Waals surface area contributed by atoms with Crippen LogP contribution in [-0.2, 0) is 10.2 Å². The third-order valence-electron chi connectivity index (χ3n) is 4.84. The third-order valence-corrected chi connectivity index (χ3v) is 6.40. The van der Waals surface area contributed by atoms with Gasteiger partial charge in [-0.25, -0.2) is 0 Å². The Labute approximate surface area is 176 Å². The molecule has 0 aliphatic carbocycles. The lowest BCUT2D eigenvalue weighted by molar-refractivity contribution is -0.117. The Bertz CT molecular complexity index is 1080. The summed E-state index contributed by atoms with van der Waals surface area (Å²) in [5.41, 5.74) is 3.41. The largest absolute Gasteiger partial charge is 0.503 e. The number of aromatic nitrogens is 2. The van der Waals surface area contributed by atoms with E-state index < -0.39 is 17.7 Å². The van der Waals surface area contributed by atoms with E-state index in [1.807, 2.05) is 24.3 Å². The smallest absolute Gasteiger partial charge is 0.296 e. The standard InChI is InChI=1S/C21H19N3O3S2/c1-21(2,3)13-8-6-12(7-9-13)16-15(17(25)14-5-4-10-28-14)18(26)19(27)24(16)20-23-22-11-29-20/h4-11,16,26H,1-3H3/t16-/m1/s1. The Hall–Kier alpha value is -2.84. The number of benzene rings is 1. The molecule has 1 atom stereocenters. The predicted molar refractivity (Wildman–Crippen MR) is 114 cm³/mol. The van der Waals surface area contributed by atoms with E-state index in [0.29, 0.717) is 10.0 Å². The number of thiophene rings is 1. The van der Waals surface area contributed by atoms with Crippen molar-refractivity contribution in [2.75, 3.05) is 4.90 Å². The summed E-state index contributed by atoms with van der Waals surface area (Å²) in [6.07, 6.45) is 0. The van der Waals surface area contributed by atoms with Crippen molar-refractivity contribution in [2.45, 2.75) is 32.2 Å². The first-order valence-corrected chi connectivity index (χ1v) is 10.8. The van der Waals surface area contributed by atoms with Gasteiger partial charge in [0.05, 0.1) is 16.5 Å². The lowest BCUT2D eigenvalue weighted by Gasteiger charge is -2.25. The van der Waals surface area contributed by atoms with Crippen LogP contribution in [0.25, 0.3) is 0 Å². The number of hydrogen-bond acceptors (Lipinski definition) is 7. The highest BCUT2D eigenvalue weighted by atomic mass is 32.1. The molecule has 0 saturated carbocycles. The molecule has 1 aromatic carbocycles. The van der Waals surface area contributed by atoms with E-state index in [0.717, 1.165) is 11.1 Å². The minimum atomic E-state index is -0.765. The summed E-state index contributed by atoms with van der Waals surface area (Å²) in [7, 11) is 0. The Morgan fingerprint density at radius 2 is 1.86 bits per heavy atom. The molecule has 2 aromatic heterocycles. The lowest BCUT2D eigenvalue weighted by Crippen LogP contribution is -2.31. The zero-order valence-corrected chi connectivity index (χ0v) is 17.8. The highest BCUT2D eigenvalue weighted by molar-refractivity contribution is 7.13. The van der Waals surface area contributed by atoms with Gasteiger partial charge in [0.25, 0.3) is 5.91 Å². The van der Waals surface area contributed by atoms with Crippen molar-refractivity contribution < 1.29 is 14.7 Å². The molecule has 8 heteroatoms. The first-order chi connectivity index (χ1) is 13.8. The number of carbonyl (C=O) groups excluding carboxylic acids is 2. The molecule has 6 nitrogen and oxygen atoms in total. The molecule has 0 bridgehead atoms. The number of amides is 1. The van der Waals surface area contributed by atoms with E-state index in [9.17, 15) is 14.7 Å². The quantitative estimate of drug-likeness (QED) is 0.614. The molecule has 0 unspecified atom stereocenters. The number of anilines is 1. The van der Waals surface area contributed by atoms with Crippen molar-refractivity contribution in [3.63, 3.8) is 0 Å². The first-order valence-electron chi connectivity index (χ1n) is 9.00. The molecule has 0 saturated heterocycles. The number of nitrogens with zero attached hydrogens (tertiary/aromatic N) is 3. The van der Waals surface area contributed by atoms with Crippen molar-refractivity contribution in [3.05, 3.63) is 74.6 Å². The van der Waals surface area contributed by atoms with Crippen molar-refractivity contribution >= 4 is 39.5 Å². The van der Waals surface area contributed by atoms with E-state index in [1.165, 1.54) is 33.1 Å². The third kappa shape index (κ3) is 3.38. The van der Waals surface area contributed by atoms with Crippen LogP contribution in [0.2, 0.25) is 0 Å². The summed E-state index contributed by atoms with van der Waals surface area (Å²) in [5, 5.41) is 20.6. The topological polar surface area (TPSA) is 83.4 Å². The van der Waals surface area contributed by atoms with Crippen LogP contribution in [0.1, 0.15) is 47.6 Å². The maximum atomic E-state index is 13.2. The maximum Gasteiger partial charge on any atom is 0.296 e. The predicted octanol–water partition coefficient (Wildman–Crippen LogP) is 4.68. The summed E-state index contributed by atoms with van der Waals surface area (Å²) in [5.74, 6) is -1.54. The molecule has 1 aliphatic heterocycles. The van der Waals surface area contributed by atoms with Crippen LogP contribution < -0.4 is 4.90 Å². The van der Waals surface area contributed by atoms with Crippen LogP contribution >= 0.6 is 22.7 Å². The van der Waals surface area contributed by atoms with Crippen LogP contribution in [0.4, 0.5) is 5.13 Å². The van der Waals surface area contributed by atoms with Gasteiger partial charge >= 0.3 is 0 Å². The highest BCUT2D eigenvalue weighted by Crippen LogP contribution is 2.43. The Morgan fingerprint density at radius 3 is 2.41 bits per heavy atom. The number of aliphatic hydroxyl groups is 1. The van der Waals surface area contributed by atoms with E-state index in [-0.39, 0.29) is 16.8 Å². The van der Waals surface area contributed by atoms with Gasteiger partial charge in [-0.05, 0) is 28.0 Å². The molecule has 3 aromatic rings. The lowest BCUT2D eigenvalue weighted by atomic mass is 9.85. The van der Waals surface area contributed by atoms with Gasteiger partial charge in [0.15, 0.2) is 5.76 Å². The minimum Gasteiger partial charge on any atom is -0.503 e. The van der Waals surface area contributed by atoms with E-state index in [1.54, 1.807) is 17.5 Å². The van der Waals surface area contributed by atoms with Crippen LogP contribution in [0, 0.1) is 0 Å². The van der Waals surface area contributed by atoms with Crippen LogP contribution in [-0.4, -0.2) is 27.0 Å². The Morgan fingerprint density at radius 1 is 1.14 bits per heavy atom. The van der Waals surface area contributed by atoms with Gasteiger partial charge < -0.3 is 5.11 Å². The molecule has 3 heterocycles. The van der Waals surface area contributed by atoms with E-state index in [4.69, 9.17) is 0 Å². The first kappa shape index (κ1) is 19.5. The Kier molecular flexibility index (Phi) is 4.84. The summed E-state index contributed by atoms with van der Waals surface area (Å²) < 4.78 is 0. The van der Waals surface area contributed by atoms with Crippen molar-refractivity contribution in [1.82, 2.24) is 10.2 Å². The van der Waals surface area contributed by atoms with E-state index in [2.05, 4.69) is 31.0 Å². The molecule has 29 heavy (non-hydrogen) atoms. The zero-order valence-electron chi connectivity index (χ0n) is 16.1. The second kappa shape index (κ2) is 7.20. The SMILES string of the molecule is CC(C)(C)c1ccc([C@@H]2C(C(=O)c3cccs3)=C(O)C(=O)N2c2nncs2)cc1. The molecule has 0 spiro atoms. The van der Waals surface area contributed by atoms with Gasteiger partial charge in [0.1, 0.15) is 5.51 Å². The molecule has 1 amide bonds. The molecular formula is C21H19N3O3S2. The number of carbonyl (C=O) groups is 2. The number of rotatable bonds is 4. The summed E-state index contributed by atoms with van der Waals surface area (Å²) in [6, 6.07) is 10.5. The summed E-state index contributed by atoms with van der Waals surface area (Å²) in [4.78, 5) is 27.9. The second-order valence-electron chi connectivity index (χ2n) is 7.74. The van der Waals surface area contributed by atoms with Gasteiger partial charge in [-0.15, -0.1) is 21.5 Å². The number of ketones is 1. The van der Waals surface area contributed by atoms with Crippen LogP contribution in [0.3, 0.4) is 0 Å². The fourth-order valence-corrected chi connectivity index (χ4v) is 4.59. The average molecular weight is 426 g/mol. The molecule has 4 rings (SSSR count). The van der Waals surface area contributed by atoms with Gasteiger partial charge in [-0.3, -0.25) is 14.5 Å². The summed E-state index contributed by atoms with van der Waals surface area (Å²) in [6.45, 7) is 6.35. The molecule has 0 radical (unpaired) electrons. The number of aliphatic hydroxyl groups excluding tert-OH is 1. The normalized spacial score (nSPS) is 17.3. The van der Waals surface area contributed by atoms with Crippen molar-refractivity contribution in [3.8, 4) is 0 Å². The van der Waals surface area contributed by atoms with Gasteiger partial charge in [-0.2, -0.15) is 0 Å². The monoisotopic (exact) mass is 425 g/mol. The van der Waals surface area contributed by atoms with Crippen molar-refractivity contribution in [1.29, 1.82) is 0 Å². The van der Waals surface area contributed by atoms with E-state index >= 15 is 0 Å². The minimum absolute atomic E-state index is 0.0312. The molecule has 148 valence electrons. The molecular weight excluding hydrogens is 406 g/mol.